The molecule has 1 N–H and O–H groups in total. The molecule has 1 aliphatic heterocycles. The fraction of sp³-hybridized carbons (Fsp3) is 0.389. The zero-order valence-electron chi connectivity index (χ0n) is 14.2. The lowest BCUT2D eigenvalue weighted by molar-refractivity contribution is -0.121. The van der Waals surface area contributed by atoms with Crippen molar-refractivity contribution >= 4 is 17.5 Å². The first kappa shape index (κ1) is 17.0. The van der Waals surface area contributed by atoms with Crippen molar-refractivity contribution in [3.63, 3.8) is 0 Å². The summed E-state index contributed by atoms with van der Waals surface area (Å²) in [5.41, 5.74) is 0.791. The predicted molar refractivity (Wildman–Crippen MR) is 93.4 cm³/mol. The number of methoxy groups -OCH3 is 1. The van der Waals surface area contributed by atoms with Gasteiger partial charge in [-0.25, -0.2) is 0 Å². The Hall–Kier alpha value is -2.83. The first-order valence-corrected chi connectivity index (χ1v) is 8.37. The van der Waals surface area contributed by atoms with Gasteiger partial charge >= 0.3 is 0 Å². The monoisotopic (exact) mass is 342 g/mol. The van der Waals surface area contributed by atoms with E-state index in [-0.39, 0.29) is 17.9 Å². The van der Waals surface area contributed by atoms with Crippen molar-refractivity contribution in [1.82, 2.24) is 15.1 Å². The number of hydrogen-bond donors (Lipinski definition) is 1. The Morgan fingerprint density at radius 3 is 3.04 bits per heavy atom. The largest absolute Gasteiger partial charge is 0.497 e. The lowest BCUT2D eigenvalue weighted by Crippen LogP contribution is -2.37. The summed E-state index contributed by atoms with van der Waals surface area (Å²) in [7, 11) is 1.59. The highest BCUT2D eigenvalue weighted by Crippen LogP contribution is 2.25. The second-order valence-electron chi connectivity index (χ2n) is 6.05. The van der Waals surface area contributed by atoms with E-state index in [4.69, 9.17) is 4.74 Å². The van der Waals surface area contributed by atoms with E-state index in [2.05, 4.69) is 10.4 Å². The third kappa shape index (κ3) is 4.37. The lowest BCUT2D eigenvalue weighted by Gasteiger charge is -2.18. The number of nitrogens with one attached hydrogen (secondary N) is 1. The van der Waals surface area contributed by atoms with Crippen LogP contribution < -0.4 is 15.0 Å². The smallest absolute Gasteiger partial charge is 0.229 e. The van der Waals surface area contributed by atoms with Crippen molar-refractivity contribution in [3.05, 3.63) is 42.7 Å². The Bertz CT molecular complexity index is 730. The van der Waals surface area contributed by atoms with Crippen molar-refractivity contribution < 1.29 is 14.3 Å². The van der Waals surface area contributed by atoms with Crippen LogP contribution in [0.25, 0.3) is 0 Å². The van der Waals surface area contributed by atoms with Crippen molar-refractivity contribution in [2.24, 2.45) is 0 Å². The van der Waals surface area contributed by atoms with Crippen LogP contribution in [0.1, 0.15) is 19.3 Å². The van der Waals surface area contributed by atoms with Gasteiger partial charge in [0.2, 0.25) is 11.8 Å². The molecule has 2 heterocycles. The molecule has 132 valence electrons. The molecule has 1 aliphatic rings. The highest BCUT2D eigenvalue weighted by Gasteiger charge is 2.31. The van der Waals surface area contributed by atoms with Gasteiger partial charge in [0.05, 0.1) is 13.2 Å². The number of hydrogen-bond acceptors (Lipinski definition) is 4. The van der Waals surface area contributed by atoms with Gasteiger partial charge in [-0.3, -0.25) is 14.3 Å². The molecule has 3 rings (SSSR count). The van der Waals surface area contributed by atoms with Gasteiger partial charge in [0, 0.05) is 50.1 Å². The quantitative estimate of drug-likeness (QED) is 0.829. The second-order valence-corrected chi connectivity index (χ2v) is 6.05. The maximum absolute atomic E-state index is 12.3. The number of carbonyl (C=O) groups excluding carboxylic acids is 2. The molecule has 7 nitrogen and oxygen atoms in total. The van der Waals surface area contributed by atoms with Crippen LogP contribution in [0.5, 0.6) is 5.75 Å². The Kier molecular flexibility index (Phi) is 5.33. The van der Waals surface area contributed by atoms with Gasteiger partial charge in [-0.15, -0.1) is 0 Å². The van der Waals surface area contributed by atoms with Crippen molar-refractivity contribution in [3.8, 4) is 5.75 Å². The third-order valence-corrected chi connectivity index (χ3v) is 4.21. The zero-order valence-corrected chi connectivity index (χ0v) is 14.2. The number of benzene rings is 1. The molecular weight excluding hydrogens is 320 g/mol. The molecule has 1 saturated heterocycles. The third-order valence-electron chi connectivity index (χ3n) is 4.21. The van der Waals surface area contributed by atoms with E-state index in [1.54, 1.807) is 22.9 Å². The van der Waals surface area contributed by atoms with Crippen LogP contribution in [0.3, 0.4) is 0 Å². The first-order chi connectivity index (χ1) is 12.2. The molecule has 0 spiro atoms. The Balaban J connectivity index is 1.49. The van der Waals surface area contributed by atoms with Gasteiger partial charge in [0.25, 0.3) is 0 Å². The summed E-state index contributed by atoms with van der Waals surface area (Å²) < 4.78 is 7.00. The fourth-order valence-electron chi connectivity index (χ4n) is 2.97. The van der Waals surface area contributed by atoms with E-state index in [1.807, 2.05) is 36.5 Å². The standard InChI is InChI=1S/C18H22N4O3/c1-25-16-6-2-5-15(12-16)22-13-14(11-18(22)24)20-17(23)7-3-9-21-10-4-8-19-21/h2,4-6,8,10,12,14H,3,7,9,11,13H2,1H3,(H,20,23)/t14-/m1/s1. The number of anilines is 1. The molecule has 1 aromatic heterocycles. The lowest BCUT2D eigenvalue weighted by atomic mass is 10.2. The maximum atomic E-state index is 12.3. The Labute approximate surface area is 146 Å². The van der Waals surface area contributed by atoms with Crippen LogP contribution in [-0.4, -0.2) is 41.3 Å². The minimum Gasteiger partial charge on any atom is -0.497 e. The molecule has 2 aromatic rings. The van der Waals surface area contributed by atoms with Crippen LogP contribution >= 0.6 is 0 Å². The van der Waals surface area contributed by atoms with E-state index < -0.39 is 0 Å². The van der Waals surface area contributed by atoms with Crippen LogP contribution in [-0.2, 0) is 16.1 Å². The average molecular weight is 342 g/mol. The molecule has 0 saturated carbocycles. The predicted octanol–water partition coefficient (Wildman–Crippen LogP) is 1.59. The minimum absolute atomic E-state index is 0.00935. The van der Waals surface area contributed by atoms with E-state index in [9.17, 15) is 9.59 Å². The molecule has 25 heavy (non-hydrogen) atoms. The number of aryl methyl sites for hydroxylation is 1. The van der Waals surface area contributed by atoms with Crippen molar-refractivity contribution in [2.75, 3.05) is 18.6 Å². The molecule has 0 bridgehead atoms. The number of aromatic nitrogens is 2. The van der Waals surface area contributed by atoms with Crippen molar-refractivity contribution in [1.29, 1.82) is 0 Å². The van der Waals surface area contributed by atoms with Crippen LogP contribution in [0.2, 0.25) is 0 Å². The van der Waals surface area contributed by atoms with Gasteiger partial charge in [-0.2, -0.15) is 5.10 Å². The van der Waals surface area contributed by atoms with Gasteiger partial charge in [-0.05, 0) is 24.6 Å². The van der Waals surface area contributed by atoms with Gasteiger partial charge < -0.3 is 15.0 Å². The van der Waals surface area contributed by atoms with Gasteiger partial charge in [-0.1, -0.05) is 6.07 Å². The summed E-state index contributed by atoms with van der Waals surface area (Å²) in [5.74, 6) is 0.684. The van der Waals surface area contributed by atoms with E-state index in [1.165, 1.54) is 0 Å². The number of nitrogens with zero attached hydrogens (tertiary/aromatic N) is 3. The molecule has 0 aliphatic carbocycles. The summed E-state index contributed by atoms with van der Waals surface area (Å²) in [4.78, 5) is 26.0. The number of carbonyl (C=O) groups is 2. The summed E-state index contributed by atoms with van der Waals surface area (Å²) in [6.45, 7) is 1.19. The average Bonchev–Trinajstić information content (AvgIpc) is 3.24. The second kappa shape index (κ2) is 7.83. The highest BCUT2D eigenvalue weighted by atomic mass is 16.5. The molecule has 0 radical (unpaired) electrons. The molecule has 1 atom stereocenters. The van der Waals surface area contributed by atoms with Gasteiger partial charge in [0.15, 0.2) is 0 Å². The zero-order chi connectivity index (χ0) is 17.6. The molecule has 1 aromatic carbocycles. The summed E-state index contributed by atoms with van der Waals surface area (Å²) >= 11 is 0. The SMILES string of the molecule is COc1cccc(N2C[C@H](NC(=O)CCCn3cccn3)CC2=O)c1. The fourth-order valence-corrected chi connectivity index (χ4v) is 2.97. The van der Waals surface area contributed by atoms with E-state index in [0.717, 1.165) is 5.69 Å². The van der Waals surface area contributed by atoms with Crippen LogP contribution in [0.15, 0.2) is 42.7 Å². The molecule has 2 amide bonds. The van der Waals surface area contributed by atoms with E-state index >= 15 is 0 Å². The summed E-state index contributed by atoms with van der Waals surface area (Å²) in [6.07, 6.45) is 5.05. The molecular formula is C18H22N4O3. The van der Waals surface area contributed by atoms with Crippen LogP contribution in [0.4, 0.5) is 5.69 Å². The first-order valence-electron chi connectivity index (χ1n) is 8.37. The van der Waals surface area contributed by atoms with E-state index in [0.29, 0.717) is 38.1 Å². The number of amides is 2. The highest BCUT2D eigenvalue weighted by molar-refractivity contribution is 5.97. The Morgan fingerprint density at radius 2 is 2.28 bits per heavy atom. The number of rotatable bonds is 7. The molecule has 7 heteroatoms. The maximum Gasteiger partial charge on any atom is 0.229 e. The van der Waals surface area contributed by atoms with Gasteiger partial charge in [0.1, 0.15) is 5.75 Å². The minimum atomic E-state index is -0.157. The normalized spacial score (nSPS) is 16.9. The molecule has 1 fully saturated rings. The van der Waals surface area contributed by atoms with Crippen LogP contribution in [0, 0.1) is 0 Å². The molecule has 0 unspecified atom stereocenters. The Morgan fingerprint density at radius 1 is 1.40 bits per heavy atom. The number of ether oxygens (including phenoxy) is 1. The summed E-state index contributed by atoms with van der Waals surface area (Å²) in [6, 6.07) is 9.08. The summed E-state index contributed by atoms with van der Waals surface area (Å²) in [5, 5.41) is 7.06. The van der Waals surface area contributed by atoms with Crippen molar-refractivity contribution in [2.45, 2.75) is 31.8 Å². The topological polar surface area (TPSA) is 76.5 Å².